The number of hydrogen-bond donors (Lipinski definition) is 1. The molecule has 29 heavy (non-hydrogen) atoms. The zero-order valence-corrected chi connectivity index (χ0v) is 18.5. The van der Waals surface area contributed by atoms with Crippen molar-refractivity contribution in [3.63, 3.8) is 0 Å². The fourth-order valence-electron chi connectivity index (χ4n) is 3.45. The summed E-state index contributed by atoms with van der Waals surface area (Å²) < 4.78 is 28.2. The molecule has 6 nitrogen and oxygen atoms in total. The third-order valence-electron chi connectivity index (χ3n) is 5.35. The summed E-state index contributed by atoms with van der Waals surface area (Å²) in [5.74, 6) is -0.0352. The van der Waals surface area contributed by atoms with Gasteiger partial charge in [-0.05, 0) is 57.3 Å². The maximum Gasteiger partial charge on any atom is 0.228 e. The van der Waals surface area contributed by atoms with Gasteiger partial charge in [0.15, 0.2) is 5.11 Å². The largest absolute Gasteiger partial charge is 0.360 e. The molecule has 0 bridgehead atoms. The molecule has 8 heteroatoms. The lowest BCUT2D eigenvalue weighted by atomic mass is 10.2. The third kappa shape index (κ3) is 4.80. The second kappa shape index (κ2) is 8.07. The number of hydrogen-bond acceptors (Lipinski definition) is 4. The van der Waals surface area contributed by atoms with E-state index in [0.717, 1.165) is 42.1 Å². The molecule has 2 aliphatic carbocycles. The molecule has 2 fully saturated rings. The van der Waals surface area contributed by atoms with Crippen LogP contribution in [0.25, 0.3) is 0 Å². The Morgan fingerprint density at radius 1 is 1.24 bits per heavy atom. The van der Waals surface area contributed by atoms with Gasteiger partial charge >= 0.3 is 0 Å². The van der Waals surface area contributed by atoms with E-state index in [-0.39, 0.29) is 23.0 Å². The number of imidazole rings is 1. The smallest absolute Gasteiger partial charge is 0.228 e. The lowest BCUT2D eigenvalue weighted by molar-refractivity contribution is 0.326. The molecule has 0 atom stereocenters. The molecule has 0 spiro atoms. The minimum absolute atomic E-state index is 0.0352. The Morgan fingerprint density at radius 2 is 1.93 bits per heavy atom. The van der Waals surface area contributed by atoms with Crippen LogP contribution >= 0.6 is 12.2 Å². The minimum atomic E-state index is -3.53. The average Bonchev–Trinajstić information content (AvgIpc) is 3.60. The van der Waals surface area contributed by atoms with Crippen molar-refractivity contribution in [2.24, 2.45) is 0 Å². The maximum atomic E-state index is 13.1. The Bertz CT molecular complexity index is 977. The number of benzene rings is 1. The first-order chi connectivity index (χ1) is 13.8. The van der Waals surface area contributed by atoms with Crippen LogP contribution in [0.15, 0.2) is 41.7 Å². The molecule has 2 saturated carbocycles. The Labute approximate surface area is 178 Å². The van der Waals surface area contributed by atoms with E-state index in [2.05, 4.69) is 29.0 Å². The van der Waals surface area contributed by atoms with E-state index in [4.69, 9.17) is 12.2 Å². The van der Waals surface area contributed by atoms with E-state index in [1.54, 1.807) is 6.20 Å². The predicted molar refractivity (Wildman–Crippen MR) is 117 cm³/mol. The third-order valence-corrected chi connectivity index (χ3v) is 7.27. The topological polar surface area (TPSA) is 67.2 Å². The van der Waals surface area contributed by atoms with E-state index in [1.165, 1.54) is 0 Å². The van der Waals surface area contributed by atoms with Crippen molar-refractivity contribution in [3.8, 4) is 0 Å². The lowest BCUT2D eigenvalue weighted by Gasteiger charge is -2.30. The van der Waals surface area contributed by atoms with E-state index >= 15 is 0 Å². The molecule has 0 saturated heterocycles. The van der Waals surface area contributed by atoms with Crippen molar-refractivity contribution in [1.29, 1.82) is 0 Å². The molecule has 0 amide bonds. The average molecular weight is 433 g/mol. The highest BCUT2D eigenvalue weighted by Gasteiger charge is 2.34. The molecule has 2 aromatic rings. The molecule has 1 aromatic heterocycles. The summed E-state index contributed by atoms with van der Waals surface area (Å²) in [6.07, 6.45) is 6.01. The molecule has 156 valence electrons. The van der Waals surface area contributed by atoms with Gasteiger partial charge in [0.25, 0.3) is 0 Å². The van der Waals surface area contributed by atoms with Crippen molar-refractivity contribution in [3.05, 3.63) is 47.8 Å². The summed E-state index contributed by atoms with van der Waals surface area (Å²) in [6.45, 7) is 4.76. The Morgan fingerprint density at radius 3 is 2.52 bits per heavy atom. The Kier molecular flexibility index (Phi) is 5.66. The molecule has 1 heterocycles. The normalized spacial score (nSPS) is 16.8. The molecule has 0 radical (unpaired) electrons. The number of thiocarbonyl (C=S) groups is 1. The van der Waals surface area contributed by atoms with Gasteiger partial charge in [-0.3, -0.25) is 0 Å². The SMILES string of the molecule is CC(C)N(Cc1cnc(S(=O)(=O)Cc2ccccc2)n1C1CC1)C(=S)NC1CC1. The van der Waals surface area contributed by atoms with Gasteiger partial charge in [0.05, 0.1) is 24.2 Å². The molecule has 1 aromatic carbocycles. The summed E-state index contributed by atoms with van der Waals surface area (Å²) in [5.41, 5.74) is 1.69. The van der Waals surface area contributed by atoms with E-state index in [1.807, 2.05) is 34.9 Å². The van der Waals surface area contributed by atoms with Crippen LogP contribution in [0.5, 0.6) is 0 Å². The van der Waals surface area contributed by atoms with Crippen molar-refractivity contribution in [2.45, 2.75) is 75.1 Å². The molecular formula is C21H28N4O2S2. The number of aromatic nitrogens is 2. The quantitative estimate of drug-likeness (QED) is 0.645. The van der Waals surface area contributed by atoms with E-state index in [0.29, 0.717) is 12.6 Å². The molecule has 1 N–H and O–H groups in total. The van der Waals surface area contributed by atoms with Gasteiger partial charge in [-0.15, -0.1) is 0 Å². The highest BCUT2D eigenvalue weighted by molar-refractivity contribution is 7.90. The highest BCUT2D eigenvalue weighted by atomic mass is 32.2. The predicted octanol–water partition coefficient (Wildman–Crippen LogP) is 3.44. The molecule has 2 aliphatic rings. The molecule has 0 unspecified atom stereocenters. The second-order valence-electron chi connectivity index (χ2n) is 8.32. The fraction of sp³-hybridized carbons (Fsp3) is 0.524. The number of nitrogens with zero attached hydrogens (tertiary/aromatic N) is 3. The van der Waals surface area contributed by atoms with Gasteiger partial charge in [0.1, 0.15) is 0 Å². The summed E-state index contributed by atoms with van der Waals surface area (Å²) in [6, 6.07) is 10.2. The summed E-state index contributed by atoms with van der Waals surface area (Å²) in [7, 11) is -3.53. The summed E-state index contributed by atoms with van der Waals surface area (Å²) in [5, 5.41) is 4.32. The number of nitrogens with one attached hydrogen (secondary N) is 1. The second-order valence-corrected chi connectivity index (χ2v) is 10.6. The van der Waals surface area contributed by atoms with Gasteiger partial charge in [0.2, 0.25) is 15.0 Å². The van der Waals surface area contributed by atoms with E-state index < -0.39 is 9.84 Å². The first-order valence-electron chi connectivity index (χ1n) is 10.2. The molecular weight excluding hydrogens is 404 g/mol. The standard InChI is InChI=1S/C21H28N4O2S2/c1-15(2)24(20(28)23-17-8-9-17)13-19-12-22-21(25(19)18-10-11-18)29(26,27)14-16-6-4-3-5-7-16/h3-7,12,15,17-18H,8-11,13-14H2,1-2H3,(H,23,28). The van der Waals surface area contributed by atoms with Crippen LogP contribution in [0.1, 0.15) is 56.8 Å². The van der Waals surface area contributed by atoms with Crippen molar-refractivity contribution in [1.82, 2.24) is 19.8 Å². The first kappa shape index (κ1) is 20.3. The van der Waals surface area contributed by atoms with E-state index in [9.17, 15) is 8.42 Å². The van der Waals surface area contributed by atoms with Gasteiger partial charge in [0, 0.05) is 18.1 Å². The Hall–Kier alpha value is -1.93. The lowest BCUT2D eigenvalue weighted by Crippen LogP contribution is -2.44. The Balaban J connectivity index is 1.60. The van der Waals surface area contributed by atoms with Crippen molar-refractivity contribution < 1.29 is 8.42 Å². The summed E-state index contributed by atoms with van der Waals surface area (Å²) in [4.78, 5) is 6.50. The van der Waals surface area contributed by atoms with Crippen LogP contribution in [-0.2, 0) is 22.1 Å². The molecule has 0 aliphatic heterocycles. The number of sulfone groups is 1. The van der Waals surface area contributed by atoms with Crippen LogP contribution < -0.4 is 5.32 Å². The molecule has 4 rings (SSSR count). The van der Waals surface area contributed by atoms with Crippen LogP contribution in [-0.4, -0.2) is 40.1 Å². The highest BCUT2D eigenvalue weighted by Crippen LogP contribution is 2.39. The van der Waals surface area contributed by atoms with Crippen LogP contribution in [0.4, 0.5) is 0 Å². The van der Waals surface area contributed by atoms with Crippen LogP contribution in [0.3, 0.4) is 0 Å². The first-order valence-corrected chi connectivity index (χ1v) is 12.3. The monoisotopic (exact) mass is 432 g/mol. The number of rotatable bonds is 8. The fourth-order valence-corrected chi connectivity index (χ4v) is 5.44. The van der Waals surface area contributed by atoms with Gasteiger partial charge in [-0.1, -0.05) is 30.3 Å². The summed E-state index contributed by atoms with van der Waals surface area (Å²) >= 11 is 5.63. The van der Waals surface area contributed by atoms with Gasteiger partial charge < -0.3 is 14.8 Å². The van der Waals surface area contributed by atoms with Crippen molar-refractivity contribution in [2.75, 3.05) is 0 Å². The zero-order chi connectivity index (χ0) is 20.6. The van der Waals surface area contributed by atoms with Crippen LogP contribution in [0, 0.1) is 0 Å². The zero-order valence-electron chi connectivity index (χ0n) is 16.9. The van der Waals surface area contributed by atoms with Crippen LogP contribution in [0.2, 0.25) is 0 Å². The van der Waals surface area contributed by atoms with Crippen molar-refractivity contribution >= 4 is 27.2 Å². The van der Waals surface area contributed by atoms with Gasteiger partial charge in [-0.2, -0.15) is 0 Å². The maximum absolute atomic E-state index is 13.1. The minimum Gasteiger partial charge on any atom is -0.360 e. The van der Waals surface area contributed by atoms with Gasteiger partial charge in [-0.25, -0.2) is 13.4 Å².